The first-order valence-electron chi connectivity index (χ1n) is 7.18. The Hall–Kier alpha value is -0.120. The number of ether oxygens (including phenoxy) is 1. The molecule has 0 radical (unpaired) electrons. The second kappa shape index (κ2) is 4.22. The zero-order chi connectivity index (χ0) is 12.0. The Labute approximate surface area is 105 Å². The lowest BCUT2D eigenvalue weighted by Crippen LogP contribution is -2.47. The molecule has 3 saturated heterocycles. The summed E-state index contributed by atoms with van der Waals surface area (Å²) in [4.78, 5) is 2.69. The predicted octanol–water partition coefficient (Wildman–Crippen LogP) is 1.48. The summed E-state index contributed by atoms with van der Waals surface area (Å²) >= 11 is 0. The average Bonchev–Trinajstić information content (AvgIpc) is 2.90. The fourth-order valence-electron chi connectivity index (χ4n) is 4.08. The summed E-state index contributed by atoms with van der Waals surface area (Å²) in [7, 11) is 0. The SMILES string of the molecule is CC1CCC(CN2CC3CNCC3C2(C)C)O1. The van der Waals surface area contributed by atoms with E-state index in [2.05, 4.69) is 31.0 Å². The molecule has 17 heavy (non-hydrogen) atoms. The monoisotopic (exact) mass is 238 g/mol. The zero-order valence-corrected chi connectivity index (χ0v) is 11.4. The van der Waals surface area contributed by atoms with Gasteiger partial charge in [-0.1, -0.05) is 0 Å². The van der Waals surface area contributed by atoms with E-state index in [0.717, 1.165) is 18.4 Å². The second-order valence-corrected chi connectivity index (χ2v) is 6.73. The van der Waals surface area contributed by atoms with Crippen molar-refractivity contribution in [2.45, 2.75) is 51.4 Å². The van der Waals surface area contributed by atoms with E-state index < -0.39 is 0 Å². The number of nitrogens with one attached hydrogen (secondary N) is 1. The maximum Gasteiger partial charge on any atom is 0.0706 e. The molecule has 3 heterocycles. The molecule has 3 nitrogen and oxygen atoms in total. The molecule has 0 aromatic carbocycles. The highest BCUT2D eigenvalue weighted by atomic mass is 16.5. The van der Waals surface area contributed by atoms with Crippen LogP contribution in [0.1, 0.15) is 33.6 Å². The summed E-state index contributed by atoms with van der Waals surface area (Å²) in [6.07, 6.45) is 3.46. The van der Waals surface area contributed by atoms with Crippen LogP contribution in [0.15, 0.2) is 0 Å². The van der Waals surface area contributed by atoms with Crippen LogP contribution in [0, 0.1) is 11.8 Å². The normalized spacial score (nSPS) is 45.4. The van der Waals surface area contributed by atoms with Crippen molar-refractivity contribution >= 4 is 0 Å². The van der Waals surface area contributed by atoms with Gasteiger partial charge in [0.25, 0.3) is 0 Å². The Morgan fingerprint density at radius 2 is 2.12 bits per heavy atom. The van der Waals surface area contributed by atoms with Crippen LogP contribution in [0.5, 0.6) is 0 Å². The van der Waals surface area contributed by atoms with Crippen molar-refractivity contribution in [2.75, 3.05) is 26.2 Å². The first-order valence-corrected chi connectivity index (χ1v) is 7.18. The van der Waals surface area contributed by atoms with Gasteiger partial charge in [-0.2, -0.15) is 0 Å². The fraction of sp³-hybridized carbons (Fsp3) is 1.00. The van der Waals surface area contributed by atoms with Crippen molar-refractivity contribution in [1.29, 1.82) is 0 Å². The van der Waals surface area contributed by atoms with Gasteiger partial charge in [0.2, 0.25) is 0 Å². The van der Waals surface area contributed by atoms with Gasteiger partial charge in [0.05, 0.1) is 12.2 Å². The molecule has 98 valence electrons. The Kier molecular flexibility index (Phi) is 2.96. The van der Waals surface area contributed by atoms with E-state index in [9.17, 15) is 0 Å². The van der Waals surface area contributed by atoms with Crippen LogP contribution in [0.2, 0.25) is 0 Å². The Bertz CT molecular complexity index is 292. The van der Waals surface area contributed by atoms with E-state index >= 15 is 0 Å². The molecular formula is C14H26N2O. The summed E-state index contributed by atoms with van der Waals surface area (Å²) in [6.45, 7) is 11.9. The molecule has 1 N–H and O–H groups in total. The average molecular weight is 238 g/mol. The van der Waals surface area contributed by atoms with Gasteiger partial charge in [-0.3, -0.25) is 4.90 Å². The van der Waals surface area contributed by atoms with Crippen LogP contribution in [-0.2, 0) is 4.74 Å². The molecule has 0 spiro atoms. The summed E-state index contributed by atoms with van der Waals surface area (Å²) in [5.41, 5.74) is 0.351. The van der Waals surface area contributed by atoms with Crippen LogP contribution in [-0.4, -0.2) is 48.8 Å². The van der Waals surface area contributed by atoms with Crippen LogP contribution >= 0.6 is 0 Å². The van der Waals surface area contributed by atoms with E-state index in [0.29, 0.717) is 17.7 Å². The van der Waals surface area contributed by atoms with Crippen LogP contribution in [0.3, 0.4) is 0 Å². The lowest BCUT2D eigenvalue weighted by atomic mass is 9.85. The highest BCUT2D eigenvalue weighted by Gasteiger charge is 2.49. The minimum atomic E-state index is 0.351. The Morgan fingerprint density at radius 1 is 1.29 bits per heavy atom. The minimum absolute atomic E-state index is 0.351. The molecule has 4 atom stereocenters. The topological polar surface area (TPSA) is 24.5 Å². The van der Waals surface area contributed by atoms with Crippen molar-refractivity contribution in [3.8, 4) is 0 Å². The van der Waals surface area contributed by atoms with E-state index in [1.54, 1.807) is 0 Å². The second-order valence-electron chi connectivity index (χ2n) is 6.73. The largest absolute Gasteiger partial charge is 0.374 e. The summed E-state index contributed by atoms with van der Waals surface area (Å²) in [5.74, 6) is 1.70. The summed E-state index contributed by atoms with van der Waals surface area (Å²) < 4.78 is 5.98. The number of hydrogen-bond acceptors (Lipinski definition) is 3. The van der Waals surface area contributed by atoms with Crippen molar-refractivity contribution in [1.82, 2.24) is 10.2 Å². The number of likely N-dealkylation sites (tertiary alicyclic amines) is 1. The Morgan fingerprint density at radius 3 is 2.76 bits per heavy atom. The molecule has 3 fully saturated rings. The smallest absolute Gasteiger partial charge is 0.0706 e. The summed E-state index contributed by atoms with van der Waals surface area (Å²) in [6, 6.07) is 0. The molecule has 3 aliphatic rings. The van der Waals surface area contributed by atoms with Crippen molar-refractivity contribution in [3.63, 3.8) is 0 Å². The van der Waals surface area contributed by atoms with Crippen molar-refractivity contribution < 1.29 is 4.74 Å². The highest BCUT2D eigenvalue weighted by molar-refractivity contribution is 5.05. The zero-order valence-electron chi connectivity index (χ0n) is 11.4. The molecule has 0 aromatic rings. The lowest BCUT2D eigenvalue weighted by Gasteiger charge is -2.37. The maximum atomic E-state index is 5.98. The molecule has 4 unspecified atom stereocenters. The van der Waals surface area contributed by atoms with E-state index in [1.165, 1.54) is 32.5 Å². The van der Waals surface area contributed by atoms with Gasteiger partial charge in [-0.25, -0.2) is 0 Å². The molecule has 3 rings (SSSR count). The van der Waals surface area contributed by atoms with Gasteiger partial charge < -0.3 is 10.1 Å². The fourth-order valence-corrected chi connectivity index (χ4v) is 4.08. The number of fused-ring (bicyclic) bond motifs is 1. The van der Waals surface area contributed by atoms with Gasteiger partial charge in [0.1, 0.15) is 0 Å². The van der Waals surface area contributed by atoms with Crippen LogP contribution < -0.4 is 5.32 Å². The van der Waals surface area contributed by atoms with Crippen LogP contribution in [0.25, 0.3) is 0 Å². The van der Waals surface area contributed by atoms with E-state index in [-0.39, 0.29) is 0 Å². The third-order valence-corrected chi connectivity index (χ3v) is 5.26. The van der Waals surface area contributed by atoms with Gasteiger partial charge in [0.15, 0.2) is 0 Å². The Balaban J connectivity index is 1.64. The van der Waals surface area contributed by atoms with E-state index in [4.69, 9.17) is 4.74 Å². The third-order valence-electron chi connectivity index (χ3n) is 5.26. The molecule has 3 aliphatic heterocycles. The standard InChI is InChI=1S/C14H26N2O/c1-10-4-5-12(17-10)9-16-8-11-6-15-7-13(11)14(16,2)3/h10-13,15H,4-9H2,1-3H3. The van der Waals surface area contributed by atoms with E-state index in [1.807, 2.05) is 0 Å². The van der Waals surface area contributed by atoms with Crippen LogP contribution in [0.4, 0.5) is 0 Å². The molecule has 0 bridgehead atoms. The molecule has 3 heteroatoms. The highest BCUT2D eigenvalue weighted by Crippen LogP contribution is 2.41. The molecule has 0 saturated carbocycles. The third kappa shape index (κ3) is 2.02. The molecular weight excluding hydrogens is 212 g/mol. The number of hydrogen-bond donors (Lipinski definition) is 1. The lowest BCUT2D eigenvalue weighted by molar-refractivity contribution is 0.0122. The number of rotatable bonds is 2. The number of nitrogens with zero attached hydrogens (tertiary/aromatic N) is 1. The summed E-state index contributed by atoms with van der Waals surface area (Å²) in [5, 5.41) is 3.54. The van der Waals surface area contributed by atoms with Gasteiger partial charge in [-0.05, 0) is 52.0 Å². The quantitative estimate of drug-likeness (QED) is 0.789. The predicted molar refractivity (Wildman–Crippen MR) is 69.1 cm³/mol. The molecule has 0 amide bonds. The molecule has 0 aliphatic carbocycles. The van der Waals surface area contributed by atoms with Gasteiger partial charge in [0, 0.05) is 25.2 Å². The van der Waals surface area contributed by atoms with Gasteiger partial charge >= 0.3 is 0 Å². The van der Waals surface area contributed by atoms with Crippen molar-refractivity contribution in [3.05, 3.63) is 0 Å². The maximum absolute atomic E-state index is 5.98. The molecule has 0 aromatic heterocycles. The minimum Gasteiger partial charge on any atom is -0.374 e. The van der Waals surface area contributed by atoms with Crippen molar-refractivity contribution in [2.24, 2.45) is 11.8 Å². The van der Waals surface area contributed by atoms with Gasteiger partial charge in [-0.15, -0.1) is 0 Å². The first-order chi connectivity index (χ1) is 8.07. The first kappa shape index (κ1) is 11.9.